The van der Waals surface area contributed by atoms with E-state index in [0.717, 1.165) is 34.5 Å². The second-order valence-corrected chi connectivity index (χ2v) is 9.17. The molecule has 2 unspecified atom stereocenters. The van der Waals surface area contributed by atoms with Crippen LogP contribution in [0.15, 0.2) is 78.9 Å². The molecule has 2 atom stereocenters. The summed E-state index contributed by atoms with van der Waals surface area (Å²) in [5, 5.41) is 1.97. The third-order valence-electron chi connectivity index (χ3n) is 6.89. The molecule has 2 aliphatic rings. The van der Waals surface area contributed by atoms with Crippen LogP contribution in [0.4, 0.5) is 4.39 Å². The van der Waals surface area contributed by atoms with Gasteiger partial charge in [0.1, 0.15) is 12.1 Å². The van der Waals surface area contributed by atoms with Gasteiger partial charge in [0.2, 0.25) is 0 Å². The van der Waals surface area contributed by atoms with Crippen LogP contribution in [-0.4, -0.2) is 11.3 Å². The highest BCUT2D eigenvalue weighted by molar-refractivity contribution is 5.65. The van der Waals surface area contributed by atoms with Crippen molar-refractivity contribution in [2.45, 2.75) is 37.5 Å². The van der Waals surface area contributed by atoms with Crippen LogP contribution in [0.2, 0.25) is 0 Å². The molecule has 1 aromatic heterocycles. The predicted molar refractivity (Wildman–Crippen MR) is 133 cm³/mol. The molecular weight excluding hydrogens is 409 g/mol. The molecule has 3 aromatic rings. The van der Waals surface area contributed by atoms with Gasteiger partial charge in [-0.1, -0.05) is 66.8 Å². The molecule has 2 aliphatic carbocycles. The van der Waals surface area contributed by atoms with E-state index in [4.69, 9.17) is 0 Å². The Morgan fingerprint density at radius 2 is 1.85 bits per heavy atom. The fourth-order valence-corrected chi connectivity index (χ4v) is 4.62. The van der Waals surface area contributed by atoms with Gasteiger partial charge < -0.3 is 9.78 Å². The SMILES string of the molecule is C\C=C/C=c1/[nH]c(-c2ccc(C3CC3C=O)cc2F)c/c1=C/C=C/C1(c2ccccc2)CC1. The van der Waals surface area contributed by atoms with Crippen LogP contribution in [0.3, 0.4) is 0 Å². The number of allylic oxidation sites excluding steroid dienone is 4. The van der Waals surface area contributed by atoms with Gasteiger partial charge in [-0.05, 0) is 72.7 Å². The highest BCUT2D eigenvalue weighted by Gasteiger charge is 2.41. The van der Waals surface area contributed by atoms with Gasteiger partial charge in [0.25, 0.3) is 0 Å². The molecule has 2 saturated carbocycles. The fourth-order valence-electron chi connectivity index (χ4n) is 4.62. The van der Waals surface area contributed by atoms with Crippen molar-refractivity contribution in [1.82, 2.24) is 4.98 Å². The number of carbonyl (C=O) groups excluding carboxylic acids is 1. The quantitative estimate of drug-likeness (QED) is 0.483. The first-order valence-electron chi connectivity index (χ1n) is 11.7. The minimum Gasteiger partial charge on any atom is -0.354 e. The maximum absolute atomic E-state index is 15.0. The molecule has 1 N–H and O–H groups in total. The average Bonchev–Trinajstić information content (AvgIpc) is 3.76. The molecular formula is C30H28FNO. The van der Waals surface area contributed by atoms with E-state index in [-0.39, 0.29) is 23.1 Å². The zero-order chi connectivity index (χ0) is 22.8. The van der Waals surface area contributed by atoms with Crippen LogP contribution in [0, 0.1) is 11.7 Å². The Labute approximate surface area is 193 Å². The normalized spacial score (nSPS) is 22.4. The first kappa shape index (κ1) is 21.4. The Hall–Kier alpha value is -3.46. The van der Waals surface area contributed by atoms with Gasteiger partial charge in [-0.3, -0.25) is 0 Å². The molecule has 33 heavy (non-hydrogen) atoms. The number of halogens is 1. The van der Waals surface area contributed by atoms with Crippen molar-refractivity contribution in [3.63, 3.8) is 0 Å². The second kappa shape index (κ2) is 8.82. The van der Waals surface area contributed by atoms with E-state index < -0.39 is 0 Å². The Bertz CT molecular complexity index is 1340. The van der Waals surface area contributed by atoms with E-state index in [9.17, 15) is 9.18 Å². The molecule has 0 saturated heterocycles. The van der Waals surface area contributed by atoms with Gasteiger partial charge in [-0.2, -0.15) is 0 Å². The van der Waals surface area contributed by atoms with Crippen molar-refractivity contribution in [2.75, 3.05) is 0 Å². The summed E-state index contributed by atoms with van der Waals surface area (Å²) in [7, 11) is 0. The van der Waals surface area contributed by atoms with Crippen molar-refractivity contribution < 1.29 is 9.18 Å². The van der Waals surface area contributed by atoms with E-state index in [0.29, 0.717) is 5.56 Å². The molecule has 0 aliphatic heterocycles. The van der Waals surface area contributed by atoms with Crippen LogP contribution < -0.4 is 10.6 Å². The smallest absolute Gasteiger partial charge is 0.132 e. The van der Waals surface area contributed by atoms with Crippen molar-refractivity contribution in [1.29, 1.82) is 0 Å². The van der Waals surface area contributed by atoms with Crippen LogP contribution in [0.1, 0.15) is 43.2 Å². The van der Waals surface area contributed by atoms with Crippen molar-refractivity contribution >= 4 is 18.4 Å². The zero-order valence-electron chi connectivity index (χ0n) is 18.8. The molecule has 0 radical (unpaired) electrons. The van der Waals surface area contributed by atoms with Gasteiger partial charge in [0.15, 0.2) is 0 Å². The second-order valence-electron chi connectivity index (χ2n) is 9.17. The predicted octanol–water partition coefficient (Wildman–Crippen LogP) is 5.55. The van der Waals surface area contributed by atoms with Crippen LogP contribution in [0.5, 0.6) is 0 Å². The number of benzene rings is 2. The summed E-state index contributed by atoms with van der Waals surface area (Å²) in [6.07, 6.45) is 16.6. The third kappa shape index (κ3) is 4.41. The Morgan fingerprint density at radius 3 is 2.52 bits per heavy atom. The Morgan fingerprint density at radius 1 is 1.03 bits per heavy atom. The topological polar surface area (TPSA) is 32.9 Å². The van der Waals surface area contributed by atoms with Gasteiger partial charge in [-0.25, -0.2) is 4.39 Å². The molecule has 0 bridgehead atoms. The van der Waals surface area contributed by atoms with E-state index in [1.54, 1.807) is 6.07 Å². The number of aromatic amines is 1. The minimum atomic E-state index is -0.258. The van der Waals surface area contributed by atoms with Gasteiger partial charge in [0, 0.05) is 27.9 Å². The van der Waals surface area contributed by atoms with E-state index in [1.165, 1.54) is 18.4 Å². The lowest BCUT2D eigenvalue weighted by molar-refractivity contribution is -0.108. The standard InChI is InChI=1S/C30H28FNO/c1-2-3-11-28-22(8-7-14-30(15-16-30)24-9-5-4-6-10-24)19-29(32-28)25-13-12-21(18-27(25)31)26-17-23(26)20-33/h2-14,18-20,23,26,32H,15-17H2,1H3/b3-2-,14-7+,22-8-,28-11+. The number of hydrogen-bond donors (Lipinski definition) is 1. The maximum Gasteiger partial charge on any atom is 0.132 e. The lowest BCUT2D eigenvalue weighted by Crippen LogP contribution is -2.21. The highest BCUT2D eigenvalue weighted by atomic mass is 19.1. The van der Waals surface area contributed by atoms with Crippen LogP contribution >= 0.6 is 0 Å². The van der Waals surface area contributed by atoms with Gasteiger partial charge >= 0.3 is 0 Å². The summed E-state index contributed by atoms with van der Waals surface area (Å²) in [5.74, 6) is -0.0472. The van der Waals surface area contributed by atoms with Crippen molar-refractivity contribution in [2.24, 2.45) is 5.92 Å². The molecule has 2 fully saturated rings. The zero-order valence-corrected chi connectivity index (χ0v) is 18.8. The van der Waals surface area contributed by atoms with Gasteiger partial charge in [-0.15, -0.1) is 0 Å². The first-order valence-corrected chi connectivity index (χ1v) is 11.7. The van der Waals surface area contributed by atoms with E-state index in [1.807, 2.05) is 43.4 Å². The number of H-pyrrole nitrogens is 1. The Kier molecular flexibility index (Phi) is 5.72. The third-order valence-corrected chi connectivity index (χ3v) is 6.89. The maximum atomic E-state index is 15.0. The summed E-state index contributed by atoms with van der Waals surface area (Å²) in [6, 6.07) is 18.0. The monoisotopic (exact) mass is 437 g/mol. The minimum absolute atomic E-state index is 0.0430. The largest absolute Gasteiger partial charge is 0.354 e. The number of rotatable bonds is 7. The molecule has 5 rings (SSSR count). The fraction of sp³-hybridized carbons (Fsp3) is 0.233. The molecule has 166 valence electrons. The molecule has 1 heterocycles. The summed E-state index contributed by atoms with van der Waals surface area (Å²) < 4.78 is 15.0. The number of nitrogens with one attached hydrogen (secondary N) is 1. The molecule has 0 amide bonds. The number of hydrogen-bond acceptors (Lipinski definition) is 1. The average molecular weight is 438 g/mol. The lowest BCUT2D eigenvalue weighted by atomic mass is 9.95. The molecule has 2 nitrogen and oxygen atoms in total. The lowest BCUT2D eigenvalue weighted by Gasteiger charge is -2.09. The first-order chi connectivity index (χ1) is 16.1. The molecule has 2 aromatic carbocycles. The van der Waals surface area contributed by atoms with Gasteiger partial charge in [0.05, 0.1) is 0 Å². The summed E-state index contributed by atoms with van der Waals surface area (Å²) in [6.45, 7) is 1.98. The summed E-state index contributed by atoms with van der Waals surface area (Å²) >= 11 is 0. The van der Waals surface area contributed by atoms with E-state index in [2.05, 4.69) is 53.5 Å². The van der Waals surface area contributed by atoms with Crippen molar-refractivity contribution in [3.05, 3.63) is 106 Å². The number of aldehydes is 1. The Balaban J connectivity index is 1.47. The van der Waals surface area contributed by atoms with Crippen LogP contribution in [-0.2, 0) is 10.2 Å². The van der Waals surface area contributed by atoms with Crippen LogP contribution in [0.25, 0.3) is 23.4 Å². The molecule has 3 heteroatoms. The van der Waals surface area contributed by atoms with E-state index >= 15 is 0 Å². The number of aromatic nitrogens is 1. The number of carbonyl (C=O) groups is 1. The summed E-state index contributed by atoms with van der Waals surface area (Å²) in [4.78, 5) is 14.4. The molecule has 0 spiro atoms. The highest BCUT2D eigenvalue weighted by Crippen LogP contribution is 2.49. The van der Waals surface area contributed by atoms with Crippen molar-refractivity contribution in [3.8, 4) is 11.3 Å². The summed E-state index contributed by atoms with van der Waals surface area (Å²) in [5.41, 5.74) is 3.71.